The summed E-state index contributed by atoms with van der Waals surface area (Å²) in [4.78, 5) is 6.92. The maximum atomic E-state index is 13.5. The fourth-order valence-electron chi connectivity index (χ4n) is 3.16. The van der Waals surface area contributed by atoms with E-state index in [1.807, 2.05) is 0 Å². The molecule has 0 radical (unpaired) electrons. The zero-order valence-electron chi connectivity index (χ0n) is 19.1. The summed E-state index contributed by atoms with van der Waals surface area (Å²) < 4.78 is 86.3. The first-order valence-corrected chi connectivity index (χ1v) is 11.2. The maximum absolute atomic E-state index is 13.5. The molecule has 2 rings (SSSR count). The van der Waals surface area contributed by atoms with E-state index in [2.05, 4.69) is 4.74 Å². The summed E-state index contributed by atoms with van der Waals surface area (Å²) >= 11 is 0. The molecular weight excluding hydrogens is 499 g/mol. The molecule has 0 fully saturated rings. The Morgan fingerprint density at radius 3 is 2.03 bits per heavy atom. The van der Waals surface area contributed by atoms with Crippen molar-refractivity contribution in [1.29, 1.82) is 0 Å². The molecule has 0 aliphatic rings. The number of rotatable bonds is 11. The van der Waals surface area contributed by atoms with Crippen LogP contribution in [0.1, 0.15) is 42.9 Å². The molecule has 0 aliphatic carbocycles. The third kappa shape index (κ3) is 11.0. The first kappa shape index (κ1) is 31.0. The molecule has 5 nitrogen and oxygen atoms in total. The summed E-state index contributed by atoms with van der Waals surface area (Å²) in [6.45, 7) is 1.55. The lowest BCUT2D eigenvalue weighted by atomic mass is 9.90. The minimum Gasteiger partial charge on any atom is -0.493 e. The van der Waals surface area contributed by atoms with Crippen molar-refractivity contribution in [2.24, 2.45) is 5.73 Å². The molecule has 2 atom stereocenters. The standard InChI is InChI=1S/C23H27F6NO3.H3OP/c1-2-21(30,15-31)12-11-17-7-10-20(19(14-17)22(24,25)26)32-13-3-4-16-5-8-18(9-6-16)33-23(27,28)29;1-2/h5-10,14,31H,2-4,11-13,15,30H2,1H3;1H,2H2. The van der Waals surface area contributed by atoms with Gasteiger partial charge >= 0.3 is 12.5 Å². The predicted molar refractivity (Wildman–Crippen MR) is 123 cm³/mol. The highest BCUT2D eigenvalue weighted by Gasteiger charge is 2.35. The van der Waals surface area contributed by atoms with Crippen molar-refractivity contribution in [3.63, 3.8) is 0 Å². The Kier molecular flexibility index (Phi) is 12.3. The zero-order valence-corrected chi connectivity index (χ0v) is 20.3. The number of halogens is 6. The van der Waals surface area contributed by atoms with Gasteiger partial charge in [-0.25, -0.2) is 0 Å². The van der Waals surface area contributed by atoms with E-state index in [1.165, 1.54) is 45.9 Å². The highest BCUT2D eigenvalue weighted by atomic mass is 31.0. The number of alkyl halides is 6. The summed E-state index contributed by atoms with van der Waals surface area (Å²) in [5.74, 6) is -0.640. The Morgan fingerprint density at radius 1 is 0.914 bits per heavy atom. The molecule has 0 heterocycles. The number of nitrogens with two attached hydrogens (primary N) is 1. The molecule has 0 bridgehead atoms. The van der Waals surface area contributed by atoms with Gasteiger partial charge in [0.2, 0.25) is 0 Å². The highest BCUT2D eigenvalue weighted by Crippen LogP contribution is 2.37. The minimum atomic E-state index is -4.77. The SMILES string of the molecule is CCC(N)(CO)CCc1ccc(OCCCc2ccc(OC(F)(F)F)cc2)c(C(F)(F)F)c1.OP. The fourth-order valence-corrected chi connectivity index (χ4v) is 3.16. The molecule has 2 aromatic carbocycles. The summed E-state index contributed by atoms with van der Waals surface area (Å²) in [5.41, 5.74) is 5.41. The van der Waals surface area contributed by atoms with Gasteiger partial charge in [-0.15, -0.1) is 13.2 Å². The van der Waals surface area contributed by atoms with Gasteiger partial charge in [0.15, 0.2) is 0 Å². The largest absolute Gasteiger partial charge is 0.573 e. The van der Waals surface area contributed by atoms with Gasteiger partial charge in [-0.05, 0) is 77.0 Å². The second-order valence-corrected chi connectivity index (χ2v) is 7.85. The number of aliphatic hydroxyl groups excluding tert-OH is 1. The van der Waals surface area contributed by atoms with Crippen molar-refractivity contribution in [1.82, 2.24) is 0 Å². The first-order chi connectivity index (χ1) is 16.3. The summed E-state index contributed by atoms with van der Waals surface area (Å²) in [6, 6.07) is 9.10. The van der Waals surface area contributed by atoms with Crippen LogP contribution in [0, 0.1) is 0 Å². The molecule has 2 aromatic rings. The van der Waals surface area contributed by atoms with Gasteiger partial charge in [-0.3, -0.25) is 0 Å². The third-order valence-electron chi connectivity index (χ3n) is 5.30. The van der Waals surface area contributed by atoms with E-state index in [9.17, 15) is 31.4 Å². The molecule has 12 heteroatoms. The van der Waals surface area contributed by atoms with E-state index in [-0.39, 0.29) is 31.1 Å². The molecule has 0 saturated carbocycles. The normalized spacial score (nSPS) is 13.5. The first-order valence-electron chi connectivity index (χ1n) is 10.7. The summed E-state index contributed by atoms with van der Waals surface area (Å²) in [7, 11) is 1.42. The molecule has 198 valence electrons. The highest BCUT2D eigenvalue weighted by molar-refractivity contribution is 7.08. The lowest BCUT2D eigenvalue weighted by molar-refractivity contribution is -0.274. The Morgan fingerprint density at radius 2 is 1.51 bits per heavy atom. The van der Waals surface area contributed by atoms with E-state index in [0.29, 0.717) is 36.8 Å². The van der Waals surface area contributed by atoms with Crippen molar-refractivity contribution < 1.29 is 45.8 Å². The van der Waals surface area contributed by atoms with Crippen molar-refractivity contribution in [2.45, 2.75) is 57.1 Å². The van der Waals surface area contributed by atoms with Crippen LogP contribution in [0.2, 0.25) is 0 Å². The fraction of sp³-hybridized carbons (Fsp3) is 0.478. The zero-order chi connectivity index (χ0) is 26.7. The van der Waals surface area contributed by atoms with Crippen LogP contribution in [-0.2, 0) is 19.0 Å². The average Bonchev–Trinajstić information content (AvgIpc) is 2.81. The summed E-state index contributed by atoms with van der Waals surface area (Å²) in [6.07, 6.45) is -7.50. The predicted octanol–water partition coefficient (Wildman–Crippen LogP) is 5.42. The second kappa shape index (κ2) is 13.9. The molecule has 35 heavy (non-hydrogen) atoms. The van der Waals surface area contributed by atoms with Crippen LogP contribution in [0.4, 0.5) is 26.3 Å². The van der Waals surface area contributed by atoms with Gasteiger partial charge in [0.25, 0.3) is 0 Å². The Balaban J connectivity index is 0.00000298. The van der Waals surface area contributed by atoms with Crippen LogP contribution < -0.4 is 15.2 Å². The number of benzene rings is 2. The van der Waals surface area contributed by atoms with E-state index < -0.39 is 23.6 Å². The maximum Gasteiger partial charge on any atom is 0.573 e. The van der Waals surface area contributed by atoms with Crippen LogP contribution in [0.25, 0.3) is 0 Å². The quantitative estimate of drug-likeness (QED) is 0.206. The molecule has 0 aliphatic heterocycles. The van der Waals surface area contributed by atoms with Gasteiger partial charge in [-0.1, -0.05) is 25.1 Å². The minimum absolute atomic E-state index is 0.00448. The number of aliphatic hydroxyl groups is 1. The molecule has 0 spiro atoms. The van der Waals surface area contributed by atoms with Gasteiger partial charge in [-0.2, -0.15) is 13.2 Å². The third-order valence-corrected chi connectivity index (χ3v) is 5.30. The number of ether oxygens (including phenoxy) is 2. The monoisotopic (exact) mass is 529 g/mol. The van der Waals surface area contributed by atoms with Gasteiger partial charge in [0.1, 0.15) is 11.5 Å². The van der Waals surface area contributed by atoms with Crippen LogP contribution in [0.15, 0.2) is 42.5 Å². The topological polar surface area (TPSA) is 84.9 Å². The Bertz CT molecular complexity index is 887. The van der Waals surface area contributed by atoms with Crippen LogP contribution >= 0.6 is 9.47 Å². The van der Waals surface area contributed by atoms with Gasteiger partial charge < -0.3 is 25.2 Å². The summed E-state index contributed by atoms with van der Waals surface area (Å²) in [5, 5.41) is 9.38. The second-order valence-electron chi connectivity index (χ2n) is 7.85. The van der Waals surface area contributed by atoms with E-state index in [1.54, 1.807) is 6.92 Å². The Labute approximate surface area is 202 Å². The van der Waals surface area contributed by atoms with E-state index >= 15 is 0 Å². The van der Waals surface area contributed by atoms with Crippen molar-refractivity contribution in [2.75, 3.05) is 13.2 Å². The lowest BCUT2D eigenvalue weighted by Crippen LogP contribution is -2.43. The molecular formula is C23H30F6NO4P. The van der Waals surface area contributed by atoms with Gasteiger partial charge in [0.05, 0.1) is 18.8 Å². The Hall–Kier alpha value is -2.07. The van der Waals surface area contributed by atoms with Crippen LogP contribution in [-0.4, -0.2) is 35.1 Å². The van der Waals surface area contributed by atoms with Crippen molar-refractivity contribution in [3.8, 4) is 11.5 Å². The van der Waals surface area contributed by atoms with E-state index in [0.717, 1.165) is 6.07 Å². The molecule has 4 N–H and O–H groups in total. The molecule has 0 amide bonds. The van der Waals surface area contributed by atoms with Gasteiger partial charge in [0, 0.05) is 5.54 Å². The molecule has 0 saturated heterocycles. The lowest BCUT2D eigenvalue weighted by Gasteiger charge is -2.25. The molecule has 0 aromatic heterocycles. The molecule has 2 unspecified atom stereocenters. The van der Waals surface area contributed by atoms with Crippen LogP contribution in [0.3, 0.4) is 0 Å². The number of hydrogen-bond donors (Lipinski definition) is 3. The number of aryl methyl sites for hydroxylation is 2. The van der Waals surface area contributed by atoms with Crippen molar-refractivity contribution in [3.05, 3.63) is 59.2 Å². The smallest absolute Gasteiger partial charge is 0.493 e. The average molecular weight is 529 g/mol. The number of hydrogen-bond acceptors (Lipinski definition) is 5. The van der Waals surface area contributed by atoms with E-state index in [4.69, 9.17) is 15.4 Å². The van der Waals surface area contributed by atoms with Crippen molar-refractivity contribution >= 4 is 9.47 Å². The van der Waals surface area contributed by atoms with Crippen LogP contribution in [0.5, 0.6) is 11.5 Å².